The Morgan fingerprint density at radius 2 is 2.00 bits per heavy atom. The van der Waals surface area contributed by atoms with E-state index in [1.54, 1.807) is 11.0 Å². The summed E-state index contributed by atoms with van der Waals surface area (Å²) in [7, 11) is -2.88. The van der Waals surface area contributed by atoms with E-state index in [1.807, 2.05) is 0 Å². The molecule has 2 amide bonds. The van der Waals surface area contributed by atoms with E-state index >= 15 is 0 Å². The molecule has 0 spiro atoms. The summed E-state index contributed by atoms with van der Waals surface area (Å²) < 4.78 is 57.9. The highest BCUT2D eigenvalue weighted by atomic mass is 32.2. The van der Waals surface area contributed by atoms with Crippen LogP contribution in [0.2, 0.25) is 0 Å². The molecular formula is C21H25F3N2O3S. The summed E-state index contributed by atoms with van der Waals surface area (Å²) >= 11 is 0. The van der Waals surface area contributed by atoms with Gasteiger partial charge >= 0.3 is 0 Å². The molecule has 3 aliphatic rings. The third-order valence-electron chi connectivity index (χ3n) is 6.44. The largest absolute Gasteiger partial charge is 0.341 e. The van der Waals surface area contributed by atoms with Gasteiger partial charge in [0.05, 0.1) is 15.6 Å². The standard InChI is InChI=1S/C21H25F3N2O3S/c22-16-5-4-14-11-18(17(14)13-16)20(28)26-7-2-9-30(29,10-8-26)25-19(27)12-15-3-1-6-21(15,23)24/h4-5,13,15,18H,1-3,6-12H2. The van der Waals surface area contributed by atoms with Crippen LogP contribution in [-0.4, -0.2) is 51.4 Å². The van der Waals surface area contributed by atoms with Crippen molar-refractivity contribution in [2.75, 3.05) is 24.6 Å². The maximum atomic E-state index is 13.8. The van der Waals surface area contributed by atoms with Gasteiger partial charge in [0.1, 0.15) is 5.82 Å². The Morgan fingerprint density at radius 1 is 1.20 bits per heavy atom. The summed E-state index contributed by atoms with van der Waals surface area (Å²) in [4.78, 5) is 26.7. The molecule has 2 fully saturated rings. The topological polar surface area (TPSA) is 66.8 Å². The smallest absolute Gasteiger partial charge is 0.254 e. The molecule has 5 nitrogen and oxygen atoms in total. The van der Waals surface area contributed by atoms with Gasteiger partial charge in [0.2, 0.25) is 5.91 Å². The molecule has 1 aromatic rings. The number of amides is 2. The molecule has 1 aliphatic heterocycles. The van der Waals surface area contributed by atoms with Gasteiger partial charge in [-0.15, -0.1) is 0 Å². The molecule has 0 radical (unpaired) electrons. The minimum absolute atomic E-state index is 0.0499. The normalized spacial score (nSPS) is 30.2. The number of carbonyl (C=O) groups excluding carboxylic acids is 2. The molecule has 0 bridgehead atoms. The van der Waals surface area contributed by atoms with Crippen molar-refractivity contribution in [3.8, 4) is 0 Å². The molecule has 1 heterocycles. The summed E-state index contributed by atoms with van der Waals surface area (Å²) in [6, 6.07) is 4.44. The van der Waals surface area contributed by atoms with Crippen LogP contribution in [0.3, 0.4) is 0 Å². The van der Waals surface area contributed by atoms with E-state index in [9.17, 15) is 27.0 Å². The van der Waals surface area contributed by atoms with E-state index in [-0.39, 0.29) is 49.0 Å². The fourth-order valence-corrected chi connectivity index (χ4v) is 6.58. The molecule has 1 saturated heterocycles. The summed E-state index contributed by atoms with van der Waals surface area (Å²) in [5.41, 5.74) is 1.65. The lowest BCUT2D eigenvalue weighted by atomic mass is 9.76. The second kappa shape index (κ2) is 7.98. The van der Waals surface area contributed by atoms with Gasteiger partial charge in [0.25, 0.3) is 11.8 Å². The quantitative estimate of drug-likeness (QED) is 0.720. The number of benzene rings is 1. The monoisotopic (exact) mass is 442 g/mol. The van der Waals surface area contributed by atoms with Gasteiger partial charge in [-0.05, 0) is 48.9 Å². The van der Waals surface area contributed by atoms with Gasteiger partial charge in [0.15, 0.2) is 0 Å². The third kappa shape index (κ3) is 4.26. The molecule has 3 atom stereocenters. The van der Waals surface area contributed by atoms with Crippen LogP contribution < -0.4 is 0 Å². The second-order valence-electron chi connectivity index (χ2n) is 8.50. The average Bonchev–Trinajstić information content (AvgIpc) is 2.86. The van der Waals surface area contributed by atoms with Crippen LogP contribution in [0.1, 0.15) is 49.1 Å². The highest BCUT2D eigenvalue weighted by Gasteiger charge is 2.44. The van der Waals surface area contributed by atoms with E-state index in [0.29, 0.717) is 31.4 Å². The van der Waals surface area contributed by atoms with E-state index in [2.05, 4.69) is 4.36 Å². The Bertz CT molecular complexity index is 988. The highest BCUT2D eigenvalue weighted by Crippen LogP contribution is 2.42. The Kier molecular flexibility index (Phi) is 5.67. The van der Waals surface area contributed by atoms with Crippen molar-refractivity contribution < 1.29 is 27.0 Å². The molecular weight excluding hydrogens is 417 g/mol. The summed E-state index contributed by atoms with van der Waals surface area (Å²) in [6.45, 7) is 0.580. The Labute approximate surface area is 174 Å². The first kappa shape index (κ1) is 21.3. The van der Waals surface area contributed by atoms with E-state index < -0.39 is 33.4 Å². The zero-order valence-corrected chi connectivity index (χ0v) is 17.4. The van der Waals surface area contributed by atoms with Crippen molar-refractivity contribution >= 4 is 21.5 Å². The van der Waals surface area contributed by atoms with Gasteiger partial charge in [-0.3, -0.25) is 9.59 Å². The van der Waals surface area contributed by atoms with Crippen LogP contribution in [0.4, 0.5) is 13.2 Å². The van der Waals surface area contributed by atoms with Crippen LogP contribution >= 0.6 is 0 Å². The van der Waals surface area contributed by atoms with Crippen molar-refractivity contribution in [1.82, 2.24) is 4.90 Å². The molecule has 0 N–H and O–H groups in total. The number of hydrogen-bond donors (Lipinski definition) is 0. The maximum Gasteiger partial charge on any atom is 0.254 e. The van der Waals surface area contributed by atoms with Crippen molar-refractivity contribution in [3.63, 3.8) is 0 Å². The summed E-state index contributed by atoms with van der Waals surface area (Å²) in [6.07, 6.45) is 1.04. The average molecular weight is 443 g/mol. The molecule has 30 heavy (non-hydrogen) atoms. The molecule has 2 aliphatic carbocycles. The molecule has 1 aromatic carbocycles. The maximum absolute atomic E-state index is 13.8. The zero-order chi connectivity index (χ0) is 21.5. The van der Waals surface area contributed by atoms with E-state index in [4.69, 9.17) is 0 Å². The predicted octanol–water partition coefficient (Wildman–Crippen LogP) is 3.52. The molecule has 4 rings (SSSR count). The van der Waals surface area contributed by atoms with Crippen LogP contribution in [0.15, 0.2) is 22.6 Å². The van der Waals surface area contributed by atoms with Crippen LogP contribution in [0.25, 0.3) is 0 Å². The Balaban J connectivity index is 1.39. The van der Waals surface area contributed by atoms with E-state index in [0.717, 1.165) is 5.56 Å². The van der Waals surface area contributed by atoms with Crippen molar-refractivity contribution in [3.05, 3.63) is 35.1 Å². The molecule has 9 heteroatoms. The van der Waals surface area contributed by atoms with Crippen molar-refractivity contribution in [2.45, 2.75) is 50.4 Å². The van der Waals surface area contributed by atoms with Crippen LogP contribution in [0, 0.1) is 11.7 Å². The molecule has 1 saturated carbocycles. The number of carbonyl (C=O) groups is 2. The molecule has 164 valence electrons. The lowest BCUT2D eigenvalue weighted by Gasteiger charge is -2.33. The third-order valence-corrected chi connectivity index (χ3v) is 8.72. The molecule has 3 unspecified atom stereocenters. The first-order valence-corrected chi connectivity index (χ1v) is 12.2. The van der Waals surface area contributed by atoms with E-state index in [1.165, 1.54) is 12.1 Å². The van der Waals surface area contributed by atoms with Gasteiger partial charge in [0, 0.05) is 43.4 Å². The highest BCUT2D eigenvalue weighted by molar-refractivity contribution is 7.93. The lowest BCUT2D eigenvalue weighted by molar-refractivity contribution is -0.133. The SMILES string of the molecule is O=C(CC1CCCC1(F)F)N=S1(=O)CCCN(C(=O)C2Cc3ccc(F)cc32)CC1. The van der Waals surface area contributed by atoms with Gasteiger partial charge in [-0.2, -0.15) is 4.36 Å². The zero-order valence-electron chi connectivity index (χ0n) is 16.6. The second-order valence-corrected chi connectivity index (χ2v) is 11.0. The summed E-state index contributed by atoms with van der Waals surface area (Å²) in [5.74, 6) is -5.30. The predicted molar refractivity (Wildman–Crippen MR) is 106 cm³/mol. The van der Waals surface area contributed by atoms with Crippen LogP contribution in [0.5, 0.6) is 0 Å². The van der Waals surface area contributed by atoms with Crippen molar-refractivity contribution in [1.29, 1.82) is 0 Å². The summed E-state index contributed by atoms with van der Waals surface area (Å²) in [5, 5.41) is 0. The number of fused-ring (bicyclic) bond motifs is 1. The number of alkyl halides is 2. The number of hydrogen-bond acceptors (Lipinski definition) is 3. The minimum Gasteiger partial charge on any atom is -0.341 e. The van der Waals surface area contributed by atoms with Crippen molar-refractivity contribution in [2.24, 2.45) is 10.3 Å². The fourth-order valence-electron chi connectivity index (χ4n) is 4.66. The first-order chi connectivity index (χ1) is 14.2. The fraction of sp³-hybridized carbons (Fsp3) is 0.619. The van der Waals surface area contributed by atoms with Crippen LogP contribution in [-0.2, 0) is 25.7 Å². The molecule has 0 aromatic heterocycles. The Morgan fingerprint density at radius 3 is 2.73 bits per heavy atom. The lowest BCUT2D eigenvalue weighted by Crippen LogP contribution is -2.41. The first-order valence-electron chi connectivity index (χ1n) is 10.4. The number of rotatable bonds is 3. The number of nitrogens with zero attached hydrogens (tertiary/aromatic N) is 2. The van der Waals surface area contributed by atoms with Gasteiger partial charge in [-0.1, -0.05) is 6.07 Å². The van der Waals surface area contributed by atoms with Gasteiger partial charge < -0.3 is 4.90 Å². The minimum atomic E-state index is -2.88. The Hall–Kier alpha value is -1.90. The number of halogens is 3. The van der Waals surface area contributed by atoms with Gasteiger partial charge in [-0.25, -0.2) is 17.4 Å².